The van der Waals surface area contributed by atoms with Crippen LogP contribution in [-0.4, -0.2) is 34.6 Å². The summed E-state index contributed by atoms with van der Waals surface area (Å²) in [6.07, 6.45) is 0. The van der Waals surface area contributed by atoms with Crippen LogP contribution in [-0.2, 0) is 0 Å². The Balaban J connectivity index is 2.29. The van der Waals surface area contributed by atoms with E-state index in [-0.39, 0.29) is 18.2 Å². The predicted octanol–water partition coefficient (Wildman–Crippen LogP) is 3.32. The molecular formula is C15H18ClNO3. The van der Waals surface area contributed by atoms with Crippen LogP contribution < -0.4 is 0 Å². The van der Waals surface area contributed by atoms with Gasteiger partial charge in [0.1, 0.15) is 5.58 Å². The van der Waals surface area contributed by atoms with E-state index in [1.165, 1.54) is 0 Å². The number of aliphatic hydroxyl groups is 1. The molecule has 0 aliphatic carbocycles. The summed E-state index contributed by atoms with van der Waals surface area (Å²) in [6.45, 7) is 5.95. The first kappa shape index (κ1) is 14.9. The van der Waals surface area contributed by atoms with Crippen LogP contribution in [0, 0.1) is 0 Å². The molecule has 1 heterocycles. The van der Waals surface area contributed by atoms with Gasteiger partial charge in [0.15, 0.2) is 5.76 Å². The first-order valence-corrected chi connectivity index (χ1v) is 6.89. The van der Waals surface area contributed by atoms with Crippen molar-refractivity contribution in [1.29, 1.82) is 0 Å². The number of benzene rings is 1. The highest BCUT2D eigenvalue weighted by atomic mass is 35.5. The van der Waals surface area contributed by atoms with Gasteiger partial charge < -0.3 is 14.4 Å². The van der Waals surface area contributed by atoms with Crippen LogP contribution in [0.3, 0.4) is 0 Å². The zero-order chi connectivity index (χ0) is 14.9. The lowest BCUT2D eigenvalue weighted by Crippen LogP contribution is -2.42. The van der Waals surface area contributed by atoms with Crippen molar-refractivity contribution < 1.29 is 14.3 Å². The van der Waals surface area contributed by atoms with Crippen LogP contribution in [0.15, 0.2) is 28.7 Å². The first-order valence-electron chi connectivity index (χ1n) is 6.51. The number of nitrogens with zero attached hydrogens (tertiary/aromatic N) is 1. The van der Waals surface area contributed by atoms with Crippen molar-refractivity contribution in [3.05, 3.63) is 35.0 Å². The molecule has 0 bridgehead atoms. The van der Waals surface area contributed by atoms with Crippen molar-refractivity contribution in [1.82, 2.24) is 4.90 Å². The van der Waals surface area contributed by atoms with E-state index in [9.17, 15) is 9.90 Å². The van der Waals surface area contributed by atoms with Gasteiger partial charge in [0, 0.05) is 23.5 Å². The molecule has 0 unspecified atom stereocenters. The van der Waals surface area contributed by atoms with Crippen molar-refractivity contribution in [3.8, 4) is 0 Å². The fourth-order valence-corrected chi connectivity index (χ4v) is 2.25. The third-order valence-corrected chi connectivity index (χ3v) is 3.17. The fourth-order valence-electron chi connectivity index (χ4n) is 2.07. The Morgan fingerprint density at radius 1 is 1.40 bits per heavy atom. The minimum absolute atomic E-state index is 0.234. The highest BCUT2D eigenvalue weighted by Gasteiger charge is 2.24. The Kier molecular flexibility index (Phi) is 4.06. The van der Waals surface area contributed by atoms with E-state index in [1.54, 1.807) is 43.0 Å². The lowest BCUT2D eigenvalue weighted by atomic mass is 10.1. The number of likely N-dealkylation sites (N-methyl/N-ethyl adjacent to an activating group) is 1. The topological polar surface area (TPSA) is 53.7 Å². The lowest BCUT2D eigenvalue weighted by Gasteiger charge is -2.27. The molecule has 0 saturated carbocycles. The van der Waals surface area contributed by atoms with E-state index in [2.05, 4.69) is 0 Å². The summed E-state index contributed by atoms with van der Waals surface area (Å²) in [5.41, 5.74) is -0.321. The summed E-state index contributed by atoms with van der Waals surface area (Å²) in [5.74, 6) is 0.0234. The molecule has 0 spiro atoms. The van der Waals surface area contributed by atoms with E-state index in [0.717, 1.165) is 5.39 Å². The van der Waals surface area contributed by atoms with Gasteiger partial charge in [-0.1, -0.05) is 11.6 Å². The maximum Gasteiger partial charge on any atom is 0.289 e. The summed E-state index contributed by atoms with van der Waals surface area (Å²) in [7, 11) is 0. The van der Waals surface area contributed by atoms with Gasteiger partial charge in [-0.3, -0.25) is 4.79 Å². The smallest absolute Gasteiger partial charge is 0.289 e. The molecule has 0 aliphatic rings. The number of hydrogen-bond donors (Lipinski definition) is 1. The Labute approximate surface area is 122 Å². The van der Waals surface area contributed by atoms with Gasteiger partial charge in [-0.2, -0.15) is 0 Å². The fraction of sp³-hybridized carbons (Fsp3) is 0.400. The molecule has 1 aromatic heterocycles. The van der Waals surface area contributed by atoms with Crippen molar-refractivity contribution >= 4 is 28.5 Å². The average Bonchev–Trinajstić information content (AvgIpc) is 2.76. The van der Waals surface area contributed by atoms with Crippen LogP contribution in [0.1, 0.15) is 31.3 Å². The lowest BCUT2D eigenvalue weighted by molar-refractivity contribution is 0.0299. The SMILES string of the molecule is CCN(CC(C)(C)O)C(=O)c1cc2cc(Cl)ccc2o1. The number of halogens is 1. The van der Waals surface area contributed by atoms with Crippen molar-refractivity contribution in [2.24, 2.45) is 0 Å². The molecule has 0 fully saturated rings. The summed E-state index contributed by atoms with van der Waals surface area (Å²) in [6, 6.07) is 6.89. The zero-order valence-electron chi connectivity index (χ0n) is 11.8. The third kappa shape index (κ3) is 3.32. The minimum atomic E-state index is -0.943. The van der Waals surface area contributed by atoms with Gasteiger partial charge in [-0.25, -0.2) is 0 Å². The van der Waals surface area contributed by atoms with Gasteiger partial charge in [-0.15, -0.1) is 0 Å². The maximum absolute atomic E-state index is 12.4. The number of fused-ring (bicyclic) bond motifs is 1. The van der Waals surface area contributed by atoms with Gasteiger partial charge in [0.25, 0.3) is 5.91 Å². The van der Waals surface area contributed by atoms with Crippen molar-refractivity contribution in [2.45, 2.75) is 26.4 Å². The number of rotatable bonds is 4. The van der Waals surface area contributed by atoms with Crippen LogP contribution in [0.25, 0.3) is 11.0 Å². The molecular weight excluding hydrogens is 278 g/mol. The van der Waals surface area contributed by atoms with E-state index in [1.807, 2.05) is 6.92 Å². The summed E-state index contributed by atoms with van der Waals surface area (Å²) in [4.78, 5) is 14.0. The second-order valence-electron chi connectivity index (χ2n) is 5.42. The minimum Gasteiger partial charge on any atom is -0.451 e. The van der Waals surface area contributed by atoms with E-state index >= 15 is 0 Å². The molecule has 0 aliphatic heterocycles. The monoisotopic (exact) mass is 295 g/mol. The highest BCUT2D eigenvalue weighted by Crippen LogP contribution is 2.24. The molecule has 0 saturated heterocycles. The van der Waals surface area contributed by atoms with Crippen LogP contribution in [0.2, 0.25) is 5.02 Å². The molecule has 1 aromatic carbocycles. The Hall–Kier alpha value is -1.52. The standard InChI is InChI=1S/C15H18ClNO3/c1-4-17(9-15(2,3)19)14(18)13-8-10-7-11(16)5-6-12(10)20-13/h5-8,19H,4,9H2,1-3H3. The van der Waals surface area contributed by atoms with Gasteiger partial charge >= 0.3 is 0 Å². The number of carbonyl (C=O) groups is 1. The Morgan fingerprint density at radius 2 is 2.10 bits per heavy atom. The molecule has 20 heavy (non-hydrogen) atoms. The highest BCUT2D eigenvalue weighted by molar-refractivity contribution is 6.31. The summed E-state index contributed by atoms with van der Waals surface area (Å²) < 4.78 is 5.55. The second kappa shape index (κ2) is 5.46. The summed E-state index contributed by atoms with van der Waals surface area (Å²) >= 11 is 5.91. The number of hydrogen-bond acceptors (Lipinski definition) is 3. The number of carbonyl (C=O) groups excluding carboxylic acids is 1. The van der Waals surface area contributed by atoms with Crippen molar-refractivity contribution in [3.63, 3.8) is 0 Å². The number of furan rings is 1. The van der Waals surface area contributed by atoms with Crippen molar-refractivity contribution in [2.75, 3.05) is 13.1 Å². The first-order chi connectivity index (χ1) is 9.30. The quantitative estimate of drug-likeness (QED) is 0.941. The maximum atomic E-state index is 12.4. The van der Waals surface area contributed by atoms with E-state index < -0.39 is 5.60 Å². The van der Waals surface area contributed by atoms with Gasteiger partial charge in [0.05, 0.1) is 5.60 Å². The molecule has 108 valence electrons. The Bertz CT molecular complexity index is 628. The normalized spacial score (nSPS) is 11.8. The second-order valence-corrected chi connectivity index (χ2v) is 5.86. The van der Waals surface area contributed by atoms with Crippen LogP contribution in [0.5, 0.6) is 0 Å². The zero-order valence-corrected chi connectivity index (χ0v) is 12.6. The molecule has 0 atom stereocenters. The van der Waals surface area contributed by atoms with E-state index in [0.29, 0.717) is 17.2 Å². The molecule has 1 N–H and O–H groups in total. The molecule has 1 amide bonds. The largest absolute Gasteiger partial charge is 0.451 e. The third-order valence-electron chi connectivity index (χ3n) is 2.94. The molecule has 2 rings (SSSR count). The molecule has 4 nitrogen and oxygen atoms in total. The Morgan fingerprint density at radius 3 is 2.70 bits per heavy atom. The summed E-state index contributed by atoms with van der Waals surface area (Å²) in [5, 5.41) is 11.2. The predicted molar refractivity (Wildman–Crippen MR) is 79.1 cm³/mol. The molecule has 5 heteroatoms. The van der Waals surface area contributed by atoms with E-state index in [4.69, 9.17) is 16.0 Å². The molecule has 0 radical (unpaired) electrons. The molecule has 2 aromatic rings. The average molecular weight is 296 g/mol. The van der Waals surface area contributed by atoms with Crippen LogP contribution >= 0.6 is 11.6 Å². The van der Waals surface area contributed by atoms with Crippen LogP contribution in [0.4, 0.5) is 0 Å². The van der Waals surface area contributed by atoms with Gasteiger partial charge in [-0.05, 0) is 45.0 Å². The van der Waals surface area contributed by atoms with Gasteiger partial charge in [0.2, 0.25) is 0 Å². The number of amides is 1.